The Bertz CT molecular complexity index is 421. The number of fused-ring (bicyclic) bond motifs is 1. The van der Waals surface area contributed by atoms with Gasteiger partial charge in [0.1, 0.15) is 5.65 Å². The summed E-state index contributed by atoms with van der Waals surface area (Å²) < 4.78 is 2.14. The lowest BCUT2D eigenvalue weighted by molar-refractivity contribution is 0.561. The summed E-state index contributed by atoms with van der Waals surface area (Å²) in [4.78, 5) is 4.26. The van der Waals surface area contributed by atoms with E-state index in [2.05, 4.69) is 42.3 Å². The van der Waals surface area contributed by atoms with Crippen LogP contribution in [0.25, 0.3) is 5.65 Å². The van der Waals surface area contributed by atoms with Gasteiger partial charge in [0, 0.05) is 23.5 Å². The van der Waals surface area contributed by atoms with Crippen molar-refractivity contribution >= 4 is 5.65 Å². The smallest absolute Gasteiger partial charge is 0.136 e. The maximum Gasteiger partial charge on any atom is 0.136 e. The highest BCUT2D eigenvalue weighted by Crippen LogP contribution is 2.22. The molecule has 0 saturated heterocycles. The minimum absolute atomic E-state index is 0.167. The van der Waals surface area contributed by atoms with E-state index in [1.54, 1.807) is 0 Å². The maximum absolute atomic E-state index is 4.26. The second kappa shape index (κ2) is 2.59. The van der Waals surface area contributed by atoms with Crippen molar-refractivity contribution in [3.8, 4) is 0 Å². The zero-order chi connectivity index (χ0) is 9.47. The van der Waals surface area contributed by atoms with Gasteiger partial charge in [-0.05, 0) is 12.1 Å². The summed E-state index contributed by atoms with van der Waals surface area (Å²) in [6, 6.07) is 6.23. The van der Waals surface area contributed by atoms with E-state index >= 15 is 0 Å². The highest BCUT2D eigenvalue weighted by molar-refractivity contribution is 5.41. The quantitative estimate of drug-likeness (QED) is 0.600. The predicted molar refractivity (Wildman–Crippen MR) is 53.9 cm³/mol. The molecule has 0 aliphatic rings. The van der Waals surface area contributed by atoms with Crippen molar-refractivity contribution in [3.63, 3.8) is 0 Å². The molecule has 68 valence electrons. The summed E-state index contributed by atoms with van der Waals surface area (Å²) in [5, 5.41) is 0. The number of nitrogens with zero attached hydrogens (tertiary/aromatic N) is 2. The molecule has 0 unspecified atom stereocenters. The average molecular weight is 174 g/mol. The summed E-state index contributed by atoms with van der Waals surface area (Å²) >= 11 is 0. The molecule has 0 atom stereocenters. The van der Waals surface area contributed by atoms with E-state index in [1.807, 2.05) is 18.5 Å². The Morgan fingerprint density at radius 2 is 2.00 bits per heavy atom. The molecular weight excluding hydrogens is 160 g/mol. The molecule has 0 bridgehead atoms. The van der Waals surface area contributed by atoms with Crippen LogP contribution in [0.3, 0.4) is 0 Å². The number of imidazole rings is 1. The van der Waals surface area contributed by atoms with E-state index < -0.39 is 0 Å². The monoisotopic (exact) mass is 174 g/mol. The van der Waals surface area contributed by atoms with Gasteiger partial charge in [0.05, 0.1) is 0 Å². The van der Waals surface area contributed by atoms with Crippen LogP contribution in [-0.2, 0) is 5.41 Å². The highest BCUT2D eigenvalue weighted by atomic mass is 15.0. The molecule has 0 aliphatic heterocycles. The molecule has 0 fully saturated rings. The van der Waals surface area contributed by atoms with Crippen LogP contribution in [0.4, 0.5) is 0 Å². The Labute approximate surface area is 78.2 Å². The molecule has 13 heavy (non-hydrogen) atoms. The fourth-order valence-corrected chi connectivity index (χ4v) is 1.56. The molecule has 2 heterocycles. The van der Waals surface area contributed by atoms with E-state index in [0.717, 1.165) is 5.65 Å². The van der Waals surface area contributed by atoms with Crippen molar-refractivity contribution in [1.82, 2.24) is 9.38 Å². The Kier molecular flexibility index (Phi) is 1.65. The Morgan fingerprint density at radius 1 is 1.23 bits per heavy atom. The molecule has 0 amide bonds. The standard InChI is InChI=1S/C11H14N2/c1-11(2,3)9-5-4-6-10-12-7-8-13(9)10/h4-8H,1-3H3. The maximum atomic E-state index is 4.26. The zero-order valence-corrected chi connectivity index (χ0v) is 8.28. The third kappa shape index (κ3) is 1.32. The van der Waals surface area contributed by atoms with Gasteiger partial charge in [-0.25, -0.2) is 4.98 Å². The Hall–Kier alpha value is -1.31. The van der Waals surface area contributed by atoms with Gasteiger partial charge < -0.3 is 4.40 Å². The van der Waals surface area contributed by atoms with Crippen molar-refractivity contribution in [2.45, 2.75) is 26.2 Å². The fraction of sp³-hybridized carbons (Fsp3) is 0.364. The SMILES string of the molecule is CC(C)(C)c1cccc2nccn12. The van der Waals surface area contributed by atoms with Gasteiger partial charge in [0.15, 0.2) is 0 Å². The lowest BCUT2D eigenvalue weighted by Crippen LogP contribution is -2.15. The second-order valence-corrected chi connectivity index (χ2v) is 4.32. The van der Waals surface area contributed by atoms with Crippen LogP contribution in [0.5, 0.6) is 0 Å². The predicted octanol–water partition coefficient (Wildman–Crippen LogP) is 2.63. The summed E-state index contributed by atoms with van der Waals surface area (Å²) in [5.41, 5.74) is 2.48. The lowest BCUT2D eigenvalue weighted by atomic mass is 9.91. The number of hydrogen-bond donors (Lipinski definition) is 0. The first-order valence-electron chi connectivity index (χ1n) is 4.51. The molecule has 0 spiro atoms. The molecule has 0 N–H and O–H groups in total. The van der Waals surface area contributed by atoms with Gasteiger partial charge in [-0.2, -0.15) is 0 Å². The minimum Gasteiger partial charge on any atom is -0.304 e. The first-order chi connectivity index (χ1) is 6.09. The second-order valence-electron chi connectivity index (χ2n) is 4.32. The van der Waals surface area contributed by atoms with Gasteiger partial charge in [0.25, 0.3) is 0 Å². The van der Waals surface area contributed by atoms with Gasteiger partial charge >= 0.3 is 0 Å². The largest absolute Gasteiger partial charge is 0.304 e. The van der Waals surface area contributed by atoms with Gasteiger partial charge in [-0.15, -0.1) is 0 Å². The summed E-state index contributed by atoms with van der Waals surface area (Å²) in [6.07, 6.45) is 3.85. The summed E-state index contributed by atoms with van der Waals surface area (Å²) in [6.45, 7) is 6.63. The van der Waals surface area contributed by atoms with Crippen LogP contribution in [0.1, 0.15) is 26.5 Å². The Balaban J connectivity index is 2.75. The van der Waals surface area contributed by atoms with Crippen molar-refractivity contribution in [2.24, 2.45) is 0 Å². The molecule has 0 radical (unpaired) electrons. The molecule has 2 aromatic rings. The van der Waals surface area contributed by atoms with E-state index in [9.17, 15) is 0 Å². The van der Waals surface area contributed by atoms with Crippen LogP contribution in [0.2, 0.25) is 0 Å². The molecule has 2 rings (SSSR count). The van der Waals surface area contributed by atoms with Crippen LogP contribution < -0.4 is 0 Å². The zero-order valence-electron chi connectivity index (χ0n) is 8.28. The van der Waals surface area contributed by atoms with Gasteiger partial charge in [0.2, 0.25) is 0 Å². The first kappa shape index (κ1) is 8.30. The number of aromatic nitrogens is 2. The fourth-order valence-electron chi connectivity index (χ4n) is 1.56. The molecule has 2 heteroatoms. The van der Waals surface area contributed by atoms with Crippen molar-refractivity contribution in [2.75, 3.05) is 0 Å². The third-order valence-electron chi connectivity index (χ3n) is 2.20. The molecule has 0 saturated carbocycles. The minimum atomic E-state index is 0.167. The number of hydrogen-bond acceptors (Lipinski definition) is 1. The molecule has 2 aromatic heterocycles. The normalized spacial score (nSPS) is 12.2. The molecule has 0 aromatic carbocycles. The van der Waals surface area contributed by atoms with Crippen molar-refractivity contribution < 1.29 is 0 Å². The number of rotatable bonds is 0. The lowest BCUT2D eigenvalue weighted by Gasteiger charge is -2.20. The Morgan fingerprint density at radius 3 is 2.69 bits per heavy atom. The van der Waals surface area contributed by atoms with E-state index in [1.165, 1.54) is 5.69 Å². The molecule has 0 aliphatic carbocycles. The number of pyridine rings is 1. The van der Waals surface area contributed by atoms with Crippen LogP contribution in [0.15, 0.2) is 30.6 Å². The van der Waals surface area contributed by atoms with Crippen molar-refractivity contribution in [1.29, 1.82) is 0 Å². The van der Waals surface area contributed by atoms with E-state index in [-0.39, 0.29) is 5.41 Å². The summed E-state index contributed by atoms with van der Waals surface area (Å²) in [7, 11) is 0. The summed E-state index contributed by atoms with van der Waals surface area (Å²) in [5.74, 6) is 0. The molecule has 2 nitrogen and oxygen atoms in total. The van der Waals surface area contributed by atoms with Crippen LogP contribution >= 0.6 is 0 Å². The van der Waals surface area contributed by atoms with Crippen LogP contribution in [-0.4, -0.2) is 9.38 Å². The van der Waals surface area contributed by atoms with E-state index in [0.29, 0.717) is 0 Å². The highest BCUT2D eigenvalue weighted by Gasteiger charge is 2.16. The average Bonchev–Trinajstić information content (AvgIpc) is 2.48. The van der Waals surface area contributed by atoms with Crippen LogP contribution in [0, 0.1) is 0 Å². The third-order valence-corrected chi connectivity index (χ3v) is 2.20. The van der Waals surface area contributed by atoms with Gasteiger partial charge in [-0.3, -0.25) is 0 Å². The van der Waals surface area contributed by atoms with Gasteiger partial charge in [-0.1, -0.05) is 26.8 Å². The topological polar surface area (TPSA) is 17.3 Å². The van der Waals surface area contributed by atoms with E-state index in [4.69, 9.17) is 0 Å². The van der Waals surface area contributed by atoms with Crippen molar-refractivity contribution in [3.05, 3.63) is 36.3 Å². The first-order valence-corrected chi connectivity index (χ1v) is 4.51. The molecular formula is C11H14N2.